The van der Waals surface area contributed by atoms with Crippen LogP contribution in [0, 0.1) is 0 Å². The van der Waals surface area contributed by atoms with Crippen molar-refractivity contribution in [3.63, 3.8) is 0 Å². The minimum atomic E-state index is -0.866. The summed E-state index contributed by atoms with van der Waals surface area (Å²) in [6.45, 7) is 4.10. The second kappa shape index (κ2) is 8.11. The first kappa shape index (κ1) is 16.8. The molecule has 1 aromatic carbocycles. The Morgan fingerprint density at radius 2 is 2.10 bits per heavy atom. The van der Waals surface area contributed by atoms with E-state index in [1.807, 2.05) is 6.92 Å². The largest absolute Gasteiger partial charge is 0.490 e. The Hall–Kier alpha value is -2.28. The van der Waals surface area contributed by atoms with Gasteiger partial charge in [0.2, 0.25) is 0 Å². The van der Waals surface area contributed by atoms with Gasteiger partial charge in [-0.2, -0.15) is 0 Å². The van der Waals surface area contributed by atoms with Crippen LogP contribution in [-0.2, 0) is 11.3 Å². The van der Waals surface area contributed by atoms with Crippen molar-refractivity contribution < 1.29 is 19.1 Å². The first-order chi connectivity index (χ1) is 10.0. The summed E-state index contributed by atoms with van der Waals surface area (Å²) >= 11 is 0. The molecule has 0 aromatic heterocycles. The molecule has 1 atom stereocenters. The molecule has 7 heteroatoms. The summed E-state index contributed by atoms with van der Waals surface area (Å²) in [5, 5.41) is 4.45. The van der Waals surface area contributed by atoms with E-state index in [9.17, 15) is 9.59 Å². The van der Waals surface area contributed by atoms with Crippen molar-refractivity contribution in [3.05, 3.63) is 23.8 Å². The molecule has 1 rings (SSSR count). The van der Waals surface area contributed by atoms with Crippen molar-refractivity contribution in [2.24, 2.45) is 5.73 Å². The number of carbonyl (C=O) groups is 2. The minimum absolute atomic E-state index is 0.250. The summed E-state index contributed by atoms with van der Waals surface area (Å²) < 4.78 is 11.1. The number of para-hydroxylation sites is 1. The van der Waals surface area contributed by atoms with Crippen LogP contribution in [0.25, 0.3) is 0 Å². The standard InChI is InChI=1S/C14H21N3O4/c1-4-20-11-7-5-6-10(8-15)12(11)21-9(2)13(18)17-14(19)16-3/h5-7,9H,4,8,15H2,1-3H3,(H2,16,17,18,19). The number of hydrogen-bond acceptors (Lipinski definition) is 5. The van der Waals surface area contributed by atoms with E-state index in [2.05, 4.69) is 10.6 Å². The third kappa shape index (κ3) is 4.64. The smallest absolute Gasteiger partial charge is 0.321 e. The molecule has 116 valence electrons. The zero-order valence-electron chi connectivity index (χ0n) is 12.4. The molecule has 0 radical (unpaired) electrons. The van der Waals surface area contributed by atoms with Gasteiger partial charge in [-0.15, -0.1) is 0 Å². The Morgan fingerprint density at radius 1 is 1.38 bits per heavy atom. The highest BCUT2D eigenvalue weighted by Gasteiger charge is 2.20. The van der Waals surface area contributed by atoms with Crippen molar-refractivity contribution in [2.75, 3.05) is 13.7 Å². The average Bonchev–Trinajstić information content (AvgIpc) is 2.48. The lowest BCUT2D eigenvalue weighted by molar-refractivity contribution is -0.126. The van der Waals surface area contributed by atoms with Gasteiger partial charge in [0, 0.05) is 19.2 Å². The van der Waals surface area contributed by atoms with E-state index in [4.69, 9.17) is 15.2 Å². The normalized spacial score (nSPS) is 11.4. The minimum Gasteiger partial charge on any atom is -0.490 e. The van der Waals surface area contributed by atoms with Gasteiger partial charge >= 0.3 is 6.03 Å². The van der Waals surface area contributed by atoms with Gasteiger partial charge in [0.05, 0.1) is 6.61 Å². The van der Waals surface area contributed by atoms with Gasteiger partial charge in [-0.05, 0) is 19.9 Å². The maximum absolute atomic E-state index is 11.8. The monoisotopic (exact) mass is 295 g/mol. The van der Waals surface area contributed by atoms with Crippen LogP contribution in [0.2, 0.25) is 0 Å². The molecule has 0 aliphatic rings. The van der Waals surface area contributed by atoms with Crippen LogP contribution < -0.4 is 25.8 Å². The van der Waals surface area contributed by atoms with Crippen molar-refractivity contribution >= 4 is 11.9 Å². The van der Waals surface area contributed by atoms with Crippen molar-refractivity contribution in [2.45, 2.75) is 26.5 Å². The van der Waals surface area contributed by atoms with Gasteiger partial charge in [0.1, 0.15) is 0 Å². The van der Waals surface area contributed by atoms with Gasteiger partial charge in [-0.25, -0.2) is 4.79 Å². The van der Waals surface area contributed by atoms with E-state index < -0.39 is 18.0 Å². The maximum Gasteiger partial charge on any atom is 0.321 e. The first-order valence-corrected chi connectivity index (χ1v) is 6.67. The van der Waals surface area contributed by atoms with Gasteiger partial charge in [0.25, 0.3) is 5.91 Å². The van der Waals surface area contributed by atoms with Gasteiger partial charge in [-0.3, -0.25) is 10.1 Å². The summed E-state index contributed by atoms with van der Waals surface area (Å²) in [7, 11) is 1.42. The SMILES string of the molecule is CCOc1cccc(CN)c1OC(C)C(=O)NC(=O)NC. The van der Waals surface area contributed by atoms with E-state index in [1.54, 1.807) is 25.1 Å². The zero-order chi connectivity index (χ0) is 15.8. The Bertz CT molecular complexity index is 505. The summed E-state index contributed by atoms with van der Waals surface area (Å²) in [5.74, 6) is 0.380. The van der Waals surface area contributed by atoms with Crippen LogP contribution in [-0.4, -0.2) is 31.7 Å². The topological polar surface area (TPSA) is 103 Å². The van der Waals surface area contributed by atoms with Crippen LogP contribution in [0.1, 0.15) is 19.4 Å². The highest BCUT2D eigenvalue weighted by atomic mass is 16.5. The number of nitrogens with two attached hydrogens (primary N) is 1. The average molecular weight is 295 g/mol. The van der Waals surface area contributed by atoms with Crippen LogP contribution >= 0.6 is 0 Å². The van der Waals surface area contributed by atoms with E-state index in [-0.39, 0.29) is 6.54 Å². The Balaban J connectivity index is 2.89. The Kier molecular flexibility index (Phi) is 6.48. The number of benzene rings is 1. The van der Waals surface area contributed by atoms with E-state index in [0.29, 0.717) is 18.1 Å². The molecule has 1 unspecified atom stereocenters. The number of imide groups is 1. The van der Waals surface area contributed by atoms with E-state index in [0.717, 1.165) is 5.56 Å². The quantitative estimate of drug-likeness (QED) is 0.719. The van der Waals surface area contributed by atoms with Crippen LogP contribution in [0.3, 0.4) is 0 Å². The molecule has 0 aliphatic heterocycles. The van der Waals surface area contributed by atoms with Gasteiger partial charge in [-0.1, -0.05) is 12.1 Å². The summed E-state index contributed by atoms with van der Waals surface area (Å²) in [5.41, 5.74) is 6.39. The van der Waals surface area contributed by atoms with Crippen LogP contribution in [0.15, 0.2) is 18.2 Å². The third-order valence-corrected chi connectivity index (χ3v) is 2.71. The second-order valence-electron chi connectivity index (χ2n) is 4.21. The lowest BCUT2D eigenvalue weighted by Crippen LogP contribution is -2.44. The molecule has 7 nitrogen and oxygen atoms in total. The predicted octanol–water partition coefficient (Wildman–Crippen LogP) is 0.767. The third-order valence-electron chi connectivity index (χ3n) is 2.71. The predicted molar refractivity (Wildman–Crippen MR) is 78.2 cm³/mol. The lowest BCUT2D eigenvalue weighted by Gasteiger charge is -2.19. The Labute approximate surface area is 123 Å². The number of hydrogen-bond donors (Lipinski definition) is 3. The second-order valence-corrected chi connectivity index (χ2v) is 4.21. The molecule has 0 saturated heterocycles. The lowest BCUT2D eigenvalue weighted by atomic mass is 10.2. The Morgan fingerprint density at radius 3 is 2.67 bits per heavy atom. The highest BCUT2D eigenvalue weighted by molar-refractivity contribution is 5.96. The first-order valence-electron chi connectivity index (χ1n) is 6.67. The molecular formula is C14H21N3O4. The number of amides is 3. The summed E-state index contributed by atoms with van der Waals surface area (Å²) in [6.07, 6.45) is -0.866. The molecule has 1 aromatic rings. The van der Waals surface area contributed by atoms with Gasteiger partial charge < -0.3 is 20.5 Å². The molecule has 0 saturated carbocycles. The van der Waals surface area contributed by atoms with Crippen molar-refractivity contribution in [1.82, 2.24) is 10.6 Å². The molecule has 0 heterocycles. The van der Waals surface area contributed by atoms with Gasteiger partial charge in [0.15, 0.2) is 17.6 Å². The molecule has 21 heavy (non-hydrogen) atoms. The summed E-state index contributed by atoms with van der Waals surface area (Å²) in [4.78, 5) is 22.9. The van der Waals surface area contributed by atoms with E-state index >= 15 is 0 Å². The summed E-state index contributed by atoms with van der Waals surface area (Å²) in [6, 6.07) is 4.74. The van der Waals surface area contributed by atoms with Crippen LogP contribution in [0.4, 0.5) is 4.79 Å². The molecule has 4 N–H and O–H groups in total. The highest BCUT2D eigenvalue weighted by Crippen LogP contribution is 2.32. The van der Waals surface area contributed by atoms with Crippen molar-refractivity contribution in [3.8, 4) is 11.5 Å². The number of carbonyl (C=O) groups excluding carboxylic acids is 2. The van der Waals surface area contributed by atoms with E-state index in [1.165, 1.54) is 7.05 Å². The fourth-order valence-corrected chi connectivity index (χ4v) is 1.63. The number of rotatable bonds is 6. The molecule has 0 fully saturated rings. The molecule has 3 amide bonds. The number of urea groups is 1. The maximum atomic E-state index is 11.8. The fraction of sp³-hybridized carbons (Fsp3) is 0.429. The van der Waals surface area contributed by atoms with Crippen LogP contribution in [0.5, 0.6) is 11.5 Å². The zero-order valence-corrected chi connectivity index (χ0v) is 12.4. The number of nitrogens with one attached hydrogen (secondary N) is 2. The van der Waals surface area contributed by atoms with Crippen molar-refractivity contribution in [1.29, 1.82) is 0 Å². The molecule has 0 aliphatic carbocycles. The molecule has 0 bridgehead atoms. The molecule has 0 spiro atoms. The fourth-order valence-electron chi connectivity index (χ4n) is 1.63. The molecular weight excluding hydrogens is 274 g/mol. The number of ether oxygens (including phenoxy) is 2.